The summed E-state index contributed by atoms with van der Waals surface area (Å²) < 4.78 is 0. The van der Waals surface area contributed by atoms with Crippen LogP contribution in [-0.4, -0.2) is 112 Å². The van der Waals surface area contributed by atoms with Crippen molar-refractivity contribution in [1.29, 1.82) is 0 Å². The molecule has 81 heavy (non-hydrogen) atoms. The first-order valence-electron chi connectivity index (χ1n) is 26.9. The lowest BCUT2D eigenvalue weighted by Gasteiger charge is -2.27. The minimum Gasteiger partial charge on any atom is -0.507 e. The van der Waals surface area contributed by atoms with Gasteiger partial charge in [-0.1, -0.05) is 166 Å². The molecule has 0 aliphatic carbocycles. The molecule has 0 spiro atoms. The number of carboxylic acid groups (broad SMARTS) is 4. The van der Waals surface area contributed by atoms with Crippen LogP contribution in [0.3, 0.4) is 0 Å². The van der Waals surface area contributed by atoms with Crippen molar-refractivity contribution in [2.45, 2.75) is 209 Å². The van der Waals surface area contributed by atoms with E-state index in [2.05, 4.69) is 0 Å². The molecule has 456 valence electrons. The Morgan fingerprint density at radius 3 is 0.407 bits per heavy atom. The number of phenolic OH excluding ortho intramolecular Hbond substituents is 4. The summed E-state index contributed by atoms with van der Waals surface area (Å²) >= 11 is 0. The standard InChI is InChI=1S/4C15H22O3.C5H12O4/c4*1-14(2,3)10-7-9(13(17)18)8-11(12(10)16)15(4,5)6;6-1-5(2-7,3-8)4-9/h4*7-8,16H,1-6H3,(H,17,18);6-9H,1-4H2. The third-order valence-electron chi connectivity index (χ3n) is 13.2. The number of rotatable bonds is 8. The molecule has 0 heterocycles. The van der Waals surface area contributed by atoms with E-state index >= 15 is 0 Å². The highest BCUT2D eigenvalue weighted by Crippen LogP contribution is 2.43. The molecule has 4 aromatic carbocycles. The average Bonchev–Trinajstić information content (AvgIpc) is 3.27. The number of carboxylic acids is 4. The number of hydrogen-bond acceptors (Lipinski definition) is 12. The zero-order valence-corrected chi connectivity index (χ0v) is 52.9. The van der Waals surface area contributed by atoms with E-state index in [1.165, 1.54) is 0 Å². The van der Waals surface area contributed by atoms with Crippen LogP contribution < -0.4 is 0 Å². The summed E-state index contributed by atoms with van der Waals surface area (Å²) in [6, 6.07) is 12.5. The van der Waals surface area contributed by atoms with Crippen molar-refractivity contribution in [3.63, 3.8) is 0 Å². The minimum absolute atomic E-state index is 0.208. The van der Waals surface area contributed by atoms with Gasteiger partial charge in [0.15, 0.2) is 0 Å². The van der Waals surface area contributed by atoms with Gasteiger partial charge < -0.3 is 61.3 Å². The van der Waals surface area contributed by atoms with E-state index in [1.807, 2.05) is 166 Å². The number of phenols is 4. The summed E-state index contributed by atoms with van der Waals surface area (Å²) in [6.45, 7) is 45.4. The summed E-state index contributed by atoms with van der Waals surface area (Å²) in [5.41, 5.74) is 2.81. The number of hydrogen-bond donors (Lipinski definition) is 12. The number of carbonyl (C=O) groups is 4. The second kappa shape index (κ2) is 27.3. The summed E-state index contributed by atoms with van der Waals surface area (Å²) in [5.74, 6) is -3.03. The van der Waals surface area contributed by atoms with Crippen LogP contribution in [0.2, 0.25) is 0 Å². The van der Waals surface area contributed by atoms with Gasteiger partial charge in [0, 0.05) is 44.5 Å². The number of aliphatic hydroxyl groups is 4. The quantitative estimate of drug-likeness (QED) is 0.0780. The van der Waals surface area contributed by atoms with Crippen molar-refractivity contribution in [2.75, 3.05) is 26.4 Å². The highest BCUT2D eigenvalue weighted by atomic mass is 16.4. The molecule has 4 aromatic rings. The lowest BCUT2D eigenvalue weighted by molar-refractivity contribution is -0.0328. The number of aliphatic hydroxyl groups excluding tert-OH is 4. The Labute approximate surface area is 482 Å². The fourth-order valence-corrected chi connectivity index (χ4v) is 7.91. The molecule has 0 saturated heterocycles. The van der Waals surface area contributed by atoms with Crippen LogP contribution in [0.15, 0.2) is 48.5 Å². The van der Waals surface area contributed by atoms with Crippen LogP contribution >= 0.6 is 0 Å². The molecule has 0 fully saturated rings. The molecule has 0 radical (unpaired) electrons. The van der Waals surface area contributed by atoms with Crippen molar-refractivity contribution >= 4 is 23.9 Å². The van der Waals surface area contributed by atoms with Gasteiger partial charge >= 0.3 is 23.9 Å². The Balaban J connectivity index is 0.00000100. The first kappa shape index (κ1) is 74.8. The second-order valence-electron chi connectivity index (χ2n) is 29.0. The van der Waals surface area contributed by atoms with Gasteiger partial charge in [0.1, 0.15) is 23.0 Å². The van der Waals surface area contributed by atoms with E-state index in [0.29, 0.717) is 44.5 Å². The largest absolute Gasteiger partial charge is 0.507 e. The third kappa shape index (κ3) is 21.3. The summed E-state index contributed by atoms with van der Waals surface area (Å²) in [7, 11) is 0. The normalized spacial score (nSPS) is 12.5. The predicted octanol–water partition coefficient (Wildman–Crippen LogP) is 12.7. The topological polar surface area (TPSA) is 311 Å². The molecule has 0 atom stereocenters. The molecule has 0 amide bonds. The average molecular weight is 1140 g/mol. The number of benzene rings is 4. The van der Waals surface area contributed by atoms with Crippen LogP contribution in [0.1, 0.15) is 252 Å². The van der Waals surface area contributed by atoms with Gasteiger partial charge in [-0.2, -0.15) is 0 Å². The molecule has 0 bridgehead atoms. The SMILES string of the molecule is CC(C)(C)c1cc(C(=O)O)cc(C(C)(C)C)c1O.CC(C)(C)c1cc(C(=O)O)cc(C(C)(C)C)c1O.CC(C)(C)c1cc(C(=O)O)cc(C(C)(C)C)c1O.CC(C)(C)c1cc(C(=O)O)cc(C(C)(C)C)c1O.OCC(CO)(CO)CO. The van der Waals surface area contributed by atoms with E-state index in [9.17, 15) is 60.0 Å². The van der Waals surface area contributed by atoms with Gasteiger partial charge in [0.25, 0.3) is 0 Å². The maximum absolute atomic E-state index is 11.2. The third-order valence-corrected chi connectivity index (χ3v) is 13.2. The van der Waals surface area contributed by atoms with E-state index in [4.69, 9.17) is 20.4 Å². The van der Waals surface area contributed by atoms with Crippen LogP contribution in [0, 0.1) is 5.41 Å². The highest BCUT2D eigenvalue weighted by molar-refractivity contribution is 5.90. The van der Waals surface area contributed by atoms with Crippen molar-refractivity contribution in [1.82, 2.24) is 0 Å². The lowest BCUT2D eigenvalue weighted by Crippen LogP contribution is -2.37. The molecule has 0 aliphatic rings. The lowest BCUT2D eigenvalue weighted by atomic mass is 9.78. The maximum Gasteiger partial charge on any atom is 0.335 e. The van der Waals surface area contributed by atoms with E-state index in [-0.39, 0.29) is 88.6 Å². The summed E-state index contributed by atoms with van der Waals surface area (Å²) in [6.07, 6.45) is 0. The molecule has 12 N–H and O–H groups in total. The minimum atomic E-state index is -1.11. The van der Waals surface area contributed by atoms with E-state index < -0.39 is 55.7 Å². The van der Waals surface area contributed by atoms with Crippen molar-refractivity contribution in [2.24, 2.45) is 5.41 Å². The van der Waals surface area contributed by atoms with Crippen LogP contribution in [0.4, 0.5) is 0 Å². The van der Waals surface area contributed by atoms with Crippen molar-refractivity contribution < 1.29 is 80.5 Å². The molecule has 0 aromatic heterocycles. The Kier molecular flexibility index (Phi) is 25.2. The summed E-state index contributed by atoms with van der Waals surface area (Å²) in [4.78, 5) is 44.8. The van der Waals surface area contributed by atoms with Crippen molar-refractivity contribution in [3.8, 4) is 23.0 Å². The van der Waals surface area contributed by atoms with E-state index in [0.717, 1.165) is 0 Å². The van der Waals surface area contributed by atoms with Crippen LogP contribution in [0.5, 0.6) is 23.0 Å². The second-order valence-corrected chi connectivity index (χ2v) is 29.0. The zero-order valence-electron chi connectivity index (χ0n) is 52.9. The first-order chi connectivity index (χ1) is 36.0. The highest BCUT2D eigenvalue weighted by Gasteiger charge is 2.32. The van der Waals surface area contributed by atoms with Crippen LogP contribution in [-0.2, 0) is 43.3 Å². The molecule has 0 unspecified atom stereocenters. The van der Waals surface area contributed by atoms with Gasteiger partial charge in [-0.25, -0.2) is 19.2 Å². The Morgan fingerprint density at radius 2 is 0.358 bits per heavy atom. The fourth-order valence-electron chi connectivity index (χ4n) is 7.91. The first-order valence-corrected chi connectivity index (χ1v) is 26.9. The predicted molar refractivity (Wildman–Crippen MR) is 321 cm³/mol. The Morgan fingerprint density at radius 1 is 0.259 bits per heavy atom. The molecule has 16 heteroatoms. The van der Waals surface area contributed by atoms with Gasteiger partial charge in [0.2, 0.25) is 0 Å². The molecular formula is C65H100O16. The van der Waals surface area contributed by atoms with Crippen LogP contribution in [0.25, 0.3) is 0 Å². The molecular weight excluding hydrogens is 1040 g/mol. The molecule has 16 nitrogen and oxygen atoms in total. The van der Waals surface area contributed by atoms with Crippen molar-refractivity contribution in [3.05, 3.63) is 115 Å². The molecule has 0 saturated carbocycles. The zero-order chi connectivity index (χ0) is 64.5. The Hall–Kier alpha value is -6.20. The van der Waals surface area contributed by atoms with Gasteiger partial charge in [0.05, 0.1) is 54.1 Å². The number of aromatic carboxylic acids is 4. The molecule has 4 rings (SSSR count). The molecule has 0 aliphatic heterocycles. The van der Waals surface area contributed by atoms with Gasteiger partial charge in [-0.15, -0.1) is 0 Å². The monoisotopic (exact) mass is 1140 g/mol. The van der Waals surface area contributed by atoms with Gasteiger partial charge in [-0.05, 0) is 91.9 Å². The smallest absolute Gasteiger partial charge is 0.335 e. The maximum atomic E-state index is 11.2. The summed E-state index contributed by atoms with van der Waals surface area (Å²) in [5, 5.41) is 112. The Bertz CT molecular complexity index is 2290. The number of aromatic hydroxyl groups is 4. The fraction of sp³-hybridized carbons (Fsp3) is 0.569. The van der Waals surface area contributed by atoms with E-state index in [1.54, 1.807) is 48.5 Å². The van der Waals surface area contributed by atoms with Gasteiger partial charge in [-0.3, -0.25) is 0 Å².